The van der Waals surface area contributed by atoms with Gasteiger partial charge < -0.3 is 11.1 Å². The molecule has 2 aromatic rings. The molecule has 110 valence electrons. The van der Waals surface area contributed by atoms with Crippen LogP contribution >= 0.6 is 11.3 Å². The summed E-state index contributed by atoms with van der Waals surface area (Å²) in [6.07, 6.45) is 4.86. The minimum Gasteiger partial charge on any atom is -0.370 e. The minimum atomic E-state index is 0.502. The lowest BCUT2D eigenvalue weighted by molar-refractivity contribution is 0.687. The molecule has 1 aromatic carbocycles. The second-order valence-electron chi connectivity index (χ2n) is 5.50. The van der Waals surface area contributed by atoms with E-state index in [0.717, 1.165) is 12.1 Å². The average molecular weight is 299 g/mol. The van der Waals surface area contributed by atoms with Gasteiger partial charge in [-0.1, -0.05) is 12.1 Å². The molecule has 21 heavy (non-hydrogen) atoms. The number of guanidine groups is 1. The summed E-state index contributed by atoms with van der Waals surface area (Å²) >= 11 is 1.73. The number of fused-ring (bicyclic) bond motifs is 1. The van der Waals surface area contributed by atoms with Crippen molar-refractivity contribution in [2.24, 2.45) is 10.7 Å². The van der Waals surface area contributed by atoms with Gasteiger partial charge in [-0.2, -0.15) is 0 Å². The summed E-state index contributed by atoms with van der Waals surface area (Å²) in [5.74, 6) is 0.502. The Labute approximate surface area is 129 Å². The third-order valence-corrected chi connectivity index (χ3v) is 5.03. The summed E-state index contributed by atoms with van der Waals surface area (Å²) in [7, 11) is 0. The van der Waals surface area contributed by atoms with E-state index in [1.54, 1.807) is 11.3 Å². The van der Waals surface area contributed by atoms with Crippen LogP contribution in [0, 0.1) is 6.92 Å². The first-order valence-corrected chi connectivity index (χ1v) is 8.32. The van der Waals surface area contributed by atoms with Gasteiger partial charge in [0.15, 0.2) is 5.96 Å². The molecule has 0 spiro atoms. The predicted octanol–water partition coefficient (Wildman–Crippen LogP) is 3.86. The van der Waals surface area contributed by atoms with Crippen LogP contribution in [0.2, 0.25) is 0 Å². The smallest absolute Gasteiger partial charge is 0.193 e. The molecule has 0 aliphatic heterocycles. The first kappa shape index (κ1) is 14.1. The van der Waals surface area contributed by atoms with E-state index < -0.39 is 0 Å². The van der Waals surface area contributed by atoms with Crippen LogP contribution in [-0.2, 0) is 19.4 Å². The Kier molecular flexibility index (Phi) is 4.25. The highest BCUT2D eigenvalue weighted by atomic mass is 32.1. The molecule has 1 aromatic heterocycles. The van der Waals surface area contributed by atoms with Gasteiger partial charge in [-0.3, -0.25) is 0 Å². The number of benzene rings is 1. The van der Waals surface area contributed by atoms with Crippen molar-refractivity contribution < 1.29 is 0 Å². The van der Waals surface area contributed by atoms with Crippen LogP contribution in [0.25, 0.3) is 0 Å². The van der Waals surface area contributed by atoms with E-state index in [1.165, 1.54) is 40.8 Å². The van der Waals surface area contributed by atoms with E-state index in [9.17, 15) is 0 Å². The third-order valence-electron chi connectivity index (χ3n) is 4.02. The summed E-state index contributed by atoms with van der Waals surface area (Å²) in [6, 6.07) is 8.54. The number of aryl methyl sites for hydroxylation is 2. The van der Waals surface area contributed by atoms with Crippen molar-refractivity contribution in [2.45, 2.75) is 39.2 Å². The Bertz CT molecular complexity index is 658. The zero-order valence-electron chi connectivity index (χ0n) is 12.4. The molecule has 1 heterocycles. The molecule has 4 heteroatoms. The Balaban J connectivity index is 1.73. The van der Waals surface area contributed by atoms with Gasteiger partial charge in [-0.15, -0.1) is 11.3 Å². The van der Waals surface area contributed by atoms with E-state index >= 15 is 0 Å². The first-order valence-electron chi connectivity index (χ1n) is 7.45. The summed E-state index contributed by atoms with van der Waals surface area (Å²) in [5.41, 5.74) is 11.3. The van der Waals surface area contributed by atoms with Gasteiger partial charge in [-0.05, 0) is 66.8 Å². The number of hydrogen-bond acceptors (Lipinski definition) is 2. The van der Waals surface area contributed by atoms with Gasteiger partial charge in [0, 0.05) is 10.6 Å². The average Bonchev–Trinajstić information content (AvgIpc) is 2.91. The zero-order chi connectivity index (χ0) is 14.7. The topological polar surface area (TPSA) is 50.4 Å². The lowest BCUT2D eigenvalue weighted by Gasteiger charge is -2.19. The van der Waals surface area contributed by atoms with E-state index in [1.807, 2.05) is 0 Å². The maximum Gasteiger partial charge on any atom is 0.193 e. The van der Waals surface area contributed by atoms with Crippen LogP contribution in [0.4, 0.5) is 5.69 Å². The molecular weight excluding hydrogens is 278 g/mol. The molecular formula is C17H21N3S. The lowest BCUT2D eigenvalue weighted by Crippen LogP contribution is -2.24. The number of nitrogens with two attached hydrogens (primary N) is 1. The second kappa shape index (κ2) is 6.31. The van der Waals surface area contributed by atoms with Gasteiger partial charge in [-0.25, -0.2) is 4.99 Å². The number of aliphatic imine (C=N–C) groups is 1. The molecule has 3 nitrogen and oxygen atoms in total. The van der Waals surface area contributed by atoms with Crippen molar-refractivity contribution >= 4 is 23.0 Å². The van der Waals surface area contributed by atoms with Crippen molar-refractivity contribution in [3.8, 4) is 0 Å². The van der Waals surface area contributed by atoms with Crippen molar-refractivity contribution in [3.63, 3.8) is 0 Å². The fourth-order valence-corrected chi connectivity index (χ4v) is 3.63. The van der Waals surface area contributed by atoms with Crippen molar-refractivity contribution in [3.05, 3.63) is 51.2 Å². The highest BCUT2D eigenvalue weighted by molar-refractivity contribution is 7.10. The Morgan fingerprint density at radius 1 is 1.29 bits per heavy atom. The van der Waals surface area contributed by atoms with Gasteiger partial charge in [0.25, 0.3) is 0 Å². The largest absolute Gasteiger partial charge is 0.370 e. The van der Waals surface area contributed by atoms with Gasteiger partial charge in [0.1, 0.15) is 0 Å². The quantitative estimate of drug-likeness (QED) is 0.668. The van der Waals surface area contributed by atoms with Crippen LogP contribution in [-0.4, -0.2) is 5.96 Å². The second-order valence-corrected chi connectivity index (χ2v) is 6.50. The lowest BCUT2D eigenvalue weighted by atomic mass is 9.90. The maximum atomic E-state index is 6.05. The Hall–Kier alpha value is -1.81. The van der Waals surface area contributed by atoms with Crippen LogP contribution in [0.3, 0.4) is 0 Å². The molecule has 0 amide bonds. The molecule has 0 fully saturated rings. The molecule has 1 aliphatic rings. The number of hydrogen-bond donors (Lipinski definition) is 2. The summed E-state index contributed by atoms with van der Waals surface area (Å²) in [6.45, 7) is 2.76. The van der Waals surface area contributed by atoms with Gasteiger partial charge in [0.05, 0.1) is 6.54 Å². The molecule has 3 N–H and O–H groups in total. The SMILES string of the molecule is Cc1ccsc1CN=C(N)Nc1cccc2c1CCCC2. The fourth-order valence-electron chi connectivity index (χ4n) is 2.80. The molecule has 0 saturated heterocycles. The van der Waals surface area contributed by atoms with Crippen molar-refractivity contribution in [1.82, 2.24) is 0 Å². The number of rotatable bonds is 3. The molecule has 3 rings (SSSR count). The van der Waals surface area contributed by atoms with Crippen LogP contribution < -0.4 is 11.1 Å². The monoisotopic (exact) mass is 299 g/mol. The van der Waals surface area contributed by atoms with Gasteiger partial charge >= 0.3 is 0 Å². The van der Waals surface area contributed by atoms with Crippen molar-refractivity contribution in [2.75, 3.05) is 5.32 Å². The Morgan fingerprint density at radius 2 is 2.14 bits per heavy atom. The predicted molar refractivity (Wildman–Crippen MR) is 91.1 cm³/mol. The number of anilines is 1. The molecule has 0 unspecified atom stereocenters. The molecule has 0 atom stereocenters. The normalized spacial score (nSPS) is 14.8. The number of nitrogens with one attached hydrogen (secondary N) is 1. The van der Waals surface area contributed by atoms with E-state index in [2.05, 4.69) is 46.9 Å². The highest BCUT2D eigenvalue weighted by Gasteiger charge is 2.13. The first-order chi connectivity index (χ1) is 10.2. The van der Waals surface area contributed by atoms with E-state index in [-0.39, 0.29) is 0 Å². The van der Waals surface area contributed by atoms with Crippen LogP contribution in [0.5, 0.6) is 0 Å². The van der Waals surface area contributed by atoms with E-state index in [4.69, 9.17) is 5.73 Å². The summed E-state index contributed by atoms with van der Waals surface area (Å²) in [4.78, 5) is 5.74. The standard InChI is InChI=1S/C17H21N3S/c1-12-9-10-21-16(12)11-19-17(18)20-15-8-4-6-13-5-2-3-7-14(13)15/h4,6,8-10H,2-3,5,7,11H2,1H3,(H3,18,19,20). The summed E-state index contributed by atoms with van der Waals surface area (Å²) < 4.78 is 0. The maximum absolute atomic E-state index is 6.05. The number of nitrogens with zero attached hydrogens (tertiary/aromatic N) is 1. The fraction of sp³-hybridized carbons (Fsp3) is 0.353. The molecule has 0 radical (unpaired) electrons. The molecule has 1 aliphatic carbocycles. The Morgan fingerprint density at radius 3 is 2.95 bits per heavy atom. The van der Waals surface area contributed by atoms with Crippen molar-refractivity contribution in [1.29, 1.82) is 0 Å². The van der Waals surface area contributed by atoms with Crippen LogP contribution in [0.1, 0.15) is 34.4 Å². The third kappa shape index (κ3) is 3.27. The zero-order valence-corrected chi connectivity index (χ0v) is 13.2. The summed E-state index contributed by atoms with van der Waals surface area (Å²) in [5, 5.41) is 5.38. The molecule has 0 saturated carbocycles. The number of thiophene rings is 1. The van der Waals surface area contributed by atoms with Gasteiger partial charge in [0.2, 0.25) is 0 Å². The van der Waals surface area contributed by atoms with E-state index in [0.29, 0.717) is 12.5 Å². The van der Waals surface area contributed by atoms with Crippen LogP contribution in [0.15, 0.2) is 34.6 Å². The molecule has 0 bridgehead atoms. The highest BCUT2D eigenvalue weighted by Crippen LogP contribution is 2.27. The minimum absolute atomic E-state index is 0.502.